The maximum Gasteiger partial charge on any atom is 0.379 e. The van der Waals surface area contributed by atoms with Crippen molar-refractivity contribution in [2.45, 2.75) is 51.1 Å². The zero-order valence-electron chi connectivity index (χ0n) is 22.7. The van der Waals surface area contributed by atoms with Crippen molar-refractivity contribution in [3.05, 3.63) is 82.4 Å². The van der Waals surface area contributed by atoms with Crippen LogP contribution in [0.1, 0.15) is 30.4 Å². The Morgan fingerprint density at radius 1 is 1.02 bits per heavy atom. The monoisotopic (exact) mass is 570 g/mol. The molecule has 1 amide bonds. The predicted octanol–water partition coefficient (Wildman–Crippen LogP) is 3.42. The first kappa shape index (κ1) is 29.9. The molecule has 0 bridgehead atoms. The zero-order valence-corrected chi connectivity index (χ0v) is 22.7. The molecule has 0 aliphatic carbocycles. The maximum absolute atomic E-state index is 13.3. The molecule has 9 nitrogen and oxygen atoms in total. The van der Waals surface area contributed by atoms with Gasteiger partial charge in [0.05, 0.1) is 24.2 Å². The summed E-state index contributed by atoms with van der Waals surface area (Å²) in [5.41, 5.74) is 8.91. The first-order valence-electron chi connectivity index (χ1n) is 13.3. The molecular formula is C29H33F3N6O3. The number of aryl methyl sites for hydroxylation is 2. The number of likely N-dealkylation sites (tertiary alicyclic amines) is 1. The number of piperidine rings is 1. The summed E-state index contributed by atoms with van der Waals surface area (Å²) in [6.07, 6.45) is 3.43. The van der Waals surface area contributed by atoms with Gasteiger partial charge < -0.3 is 15.7 Å². The van der Waals surface area contributed by atoms with E-state index in [0.29, 0.717) is 50.8 Å². The van der Waals surface area contributed by atoms with E-state index in [2.05, 4.69) is 10.1 Å². The first-order valence-corrected chi connectivity index (χ1v) is 13.3. The third kappa shape index (κ3) is 7.39. The number of benzene rings is 2. The number of nitrogens with two attached hydrogens (primary N) is 1. The quantitative estimate of drug-likeness (QED) is 0.352. The fourth-order valence-corrected chi connectivity index (χ4v) is 5.03. The largest absolute Gasteiger partial charge is 0.388 e. The van der Waals surface area contributed by atoms with Crippen LogP contribution in [0.15, 0.2) is 65.7 Å². The number of carbonyl (C=O) groups is 1. The van der Waals surface area contributed by atoms with Crippen molar-refractivity contribution >= 4 is 16.9 Å². The number of fused-ring (bicyclic) bond motifs is 1. The Labute approximate surface area is 235 Å². The minimum Gasteiger partial charge on any atom is -0.388 e. The molecule has 3 N–H and O–H groups in total. The Bertz CT molecular complexity index is 1510. The lowest BCUT2D eigenvalue weighted by molar-refractivity contribution is -0.135. The van der Waals surface area contributed by atoms with Gasteiger partial charge in [0.1, 0.15) is 5.52 Å². The van der Waals surface area contributed by atoms with Crippen molar-refractivity contribution in [3.63, 3.8) is 0 Å². The summed E-state index contributed by atoms with van der Waals surface area (Å²) in [6.45, 7) is -2.18. The molecule has 0 spiro atoms. The fraction of sp³-hybridized carbons (Fsp3) is 0.379. The third-order valence-corrected chi connectivity index (χ3v) is 7.26. The number of aromatic nitrogens is 4. The van der Waals surface area contributed by atoms with Gasteiger partial charge >= 0.3 is 6.68 Å². The molecule has 3 heterocycles. The van der Waals surface area contributed by atoms with Crippen LogP contribution >= 0.6 is 0 Å². The van der Waals surface area contributed by atoms with Crippen LogP contribution in [0.2, 0.25) is 0 Å². The molecule has 218 valence electrons. The van der Waals surface area contributed by atoms with E-state index in [9.17, 15) is 27.9 Å². The van der Waals surface area contributed by atoms with E-state index < -0.39 is 12.3 Å². The second-order valence-electron chi connectivity index (χ2n) is 10.1. The highest BCUT2D eigenvalue weighted by Crippen LogP contribution is 2.27. The number of carbonyl (C=O) groups excluding carboxylic acids is 1. The minimum atomic E-state index is -3.67. The second kappa shape index (κ2) is 13.1. The molecule has 1 aliphatic heterocycles. The van der Waals surface area contributed by atoms with E-state index in [4.69, 9.17) is 5.73 Å². The second-order valence-corrected chi connectivity index (χ2v) is 10.1. The van der Waals surface area contributed by atoms with Crippen molar-refractivity contribution in [2.75, 3.05) is 13.1 Å². The number of nitrogens with zero attached hydrogens (tertiary/aromatic N) is 5. The Balaban J connectivity index is 0.000000909. The molecule has 4 aromatic rings. The van der Waals surface area contributed by atoms with Crippen LogP contribution in [0.25, 0.3) is 22.3 Å². The van der Waals surface area contributed by atoms with Gasteiger partial charge in [-0.15, -0.1) is 0 Å². The summed E-state index contributed by atoms with van der Waals surface area (Å²) >= 11 is 0. The zero-order chi connectivity index (χ0) is 29.6. The summed E-state index contributed by atoms with van der Waals surface area (Å²) in [4.78, 5) is 32.3. The molecule has 2 aromatic carbocycles. The molecule has 1 aliphatic rings. The van der Waals surface area contributed by atoms with Gasteiger partial charge in [-0.2, -0.15) is 18.3 Å². The van der Waals surface area contributed by atoms with E-state index >= 15 is 0 Å². The van der Waals surface area contributed by atoms with Gasteiger partial charge in [-0.1, -0.05) is 54.6 Å². The van der Waals surface area contributed by atoms with Crippen molar-refractivity contribution in [1.82, 2.24) is 24.2 Å². The number of hydrogen-bond donors (Lipinski definition) is 2. The van der Waals surface area contributed by atoms with Crippen molar-refractivity contribution in [3.8, 4) is 11.3 Å². The molecule has 5 rings (SSSR count). The third-order valence-electron chi connectivity index (χ3n) is 7.26. The fourth-order valence-electron chi connectivity index (χ4n) is 5.03. The smallest absolute Gasteiger partial charge is 0.379 e. The van der Waals surface area contributed by atoms with Gasteiger partial charge in [0.2, 0.25) is 5.91 Å². The molecule has 12 heteroatoms. The number of amides is 1. The highest BCUT2D eigenvalue weighted by molar-refractivity contribution is 5.89. The number of halogens is 3. The Morgan fingerprint density at radius 3 is 2.27 bits per heavy atom. The van der Waals surface area contributed by atoms with Crippen LogP contribution in [-0.2, 0) is 31.4 Å². The molecule has 1 fully saturated rings. The standard InChI is InChI=1S/C28H32N6O3.CHF3/c1-32-26(22-10-7-21(17-29)8-11-22)24-25(31-32)27(36)34(19-30-24)18-28(37)13-15-33(16-14-28)23(35)12-9-20-5-3-2-4-6-20;2-1(3)4/h2-8,10-11,19,37H,9,12-18,29H2,1H3;1H. The highest BCUT2D eigenvalue weighted by atomic mass is 19.4. The normalized spacial score (nSPS) is 14.7. The van der Waals surface area contributed by atoms with Crippen LogP contribution in [0.5, 0.6) is 0 Å². The molecule has 0 radical (unpaired) electrons. The number of hydrogen-bond acceptors (Lipinski definition) is 6. The van der Waals surface area contributed by atoms with E-state index in [0.717, 1.165) is 22.4 Å². The molecule has 0 atom stereocenters. The maximum atomic E-state index is 13.3. The van der Waals surface area contributed by atoms with Crippen LogP contribution in [-0.4, -0.2) is 60.6 Å². The van der Waals surface area contributed by atoms with E-state index in [-0.39, 0.29) is 23.5 Å². The molecule has 2 aromatic heterocycles. The van der Waals surface area contributed by atoms with Crippen LogP contribution < -0.4 is 11.3 Å². The highest BCUT2D eigenvalue weighted by Gasteiger charge is 2.35. The summed E-state index contributed by atoms with van der Waals surface area (Å²) in [6, 6.07) is 17.7. The van der Waals surface area contributed by atoms with Crippen LogP contribution in [0, 0.1) is 0 Å². The summed E-state index contributed by atoms with van der Waals surface area (Å²) < 4.78 is 32.1. The number of aliphatic hydroxyl groups is 1. The summed E-state index contributed by atoms with van der Waals surface area (Å²) in [5.74, 6) is 0.0895. The summed E-state index contributed by atoms with van der Waals surface area (Å²) in [7, 11) is 1.79. The van der Waals surface area contributed by atoms with Crippen molar-refractivity contribution in [1.29, 1.82) is 0 Å². The average Bonchev–Trinajstić information content (AvgIpc) is 3.30. The predicted molar refractivity (Wildman–Crippen MR) is 149 cm³/mol. The molecule has 41 heavy (non-hydrogen) atoms. The Kier molecular flexibility index (Phi) is 9.56. The van der Waals surface area contributed by atoms with Gasteiger partial charge in [0, 0.05) is 38.7 Å². The van der Waals surface area contributed by atoms with Crippen molar-refractivity contribution in [2.24, 2.45) is 12.8 Å². The van der Waals surface area contributed by atoms with Gasteiger partial charge in [0.15, 0.2) is 5.52 Å². The Morgan fingerprint density at radius 2 is 1.66 bits per heavy atom. The molecule has 0 saturated carbocycles. The molecular weight excluding hydrogens is 537 g/mol. The molecule has 1 saturated heterocycles. The lowest BCUT2D eigenvalue weighted by Gasteiger charge is -2.38. The van der Waals surface area contributed by atoms with E-state index in [1.807, 2.05) is 59.5 Å². The van der Waals surface area contributed by atoms with Gasteiger partial charge in [0.25, 0.3) is 5.56 Å². The van der Waals surface area contributed by atoms with Crippen LogP contribution in [0.3, 0.4) is 0 Å². The first-order chi connectivity index (χ1) is 19.6. The van der Waals surface area contributed by atoms with E-state index in [1.54, 1.807) is 11.7 Å². The topological polar surface area (TPSA) is 119 Å². The average molecular weight is 571 g/mol. The summed E-state index contributed by atoms with van der Waals surface area (Å²) in [5, 5.41) is 15.7. The van der Waals surface area contributed by atoms with Gasteiger partial charge in [-0.05, 0) is 30.4 Å². The van der Waals surface area contributed by atoms with Crippen molar-refractivity contribution < 1.29 is 23.1 Å². The van der Waals surface area contributed by atoms with Gasteiger partial charge in [-0.25, -0.2) is 4.98 Å². The van der Waals surface area contributed by atoms with Gasteiger partial charge in [-0.3, -0.25) is 18.8 Å². The lowest BCUT2D eigenvalue weighted by Crippen LogP contribution is -2.49. The van der Waals surface area contributed by atoms with Crippen LogP contribution in [0.4, 0.5) is 13.2 Å². The van der Waals surface area contributed by atoms with E-state index in [1.165, 1.54) is 10.9 Å². The number of rotatable bonds is 7. The SMILES string of the molecule is Cn1nc2c(=O)n(CC3(O)CCN(C(=O)CCc4ccccc4)CC3)cnc2c1-c1ccc(CN)cc1.FC(F)F. The lowest BCUT2D eigenvalue weighted by atomic mass is 9.91. The Hall–Kier alpha value is -4.03. The minimum absolute atomic E-state index is 0.0895. The number of alkyl halides is 3. The molecule has 0 unspecified atom stereocenters.